The lowest BCUT2D eigenvalue weighted by molar-refractivity contribution is 0.214. The van der Waals surface area contributed by atoms with E-state index in [9.17, 15) is 5.11 Å². The summed E-state index contributed by atoms with van der Waals surface area (Å²) in [6.07, 6.45) is -0.793. The zero-order chi connectivity index (χ0) is 14.0. The van der Waals surface area contributed by atoms with Gasteiger partial charge >= 0.3 is 0 Å². The van der Waals surface area contributed by atoms with Gasteiger partial charge in [-0.3, -0.25) is 0 Å². The van der Waals surface area contributed by atoms with E-state index < -0.39 is 6.10 Å². The quantitative estimate of drug-likeness (QED) is 0.781. The molecule has 100 valence electrons. The molecular weight excluding hydrogens is 395 g/mol. The molecule has 1 N–H and O–H groups in total. The Balaban J connectivity index is 2.48. The molecule has 0 fully saturated rings. The predicted octanol–water partition coefficient (Wildman–Crippen LogP) is 4.96. The fourth-order valence-electron chi connectivity index (χ4n) is 1.82. The Morgan fingerprint density at radius 2 is 1.79 bits per heavy atom. The number of benzene rings is 2. The summed E-state index contributed by atoms with van der Waals surface area (Å²) >= 11 is 12.8. The van der Waals surface area contributed by atoms with Crippen molar-refractivity contribution in [3.05, 3.63) is 61.5 Å². The summed E-state index contributed by atoms with van der Waals surface area (Å²) in [5.74, 6) is 0.583. The zero-order valence-corrected chi connectivity index (χ0v) is 14.0. The Kier molecular flexibility index (Phi) is 4.90. The van der Waals surface area contributed by atoms with Gasteiger partial charge in [0.25, 0.3) is 0 Å². The van der Waals surface area contributed by atoms with Gasteiger partial charge in [-0.05, 0) is 45.8 Å². The van der Waals surface area contributed by atoms with Crippen LogP contribution in [0.4, 0.5) is 0 Å². The first-order valence-electron chi connectivity index (χ1n) is 5.49. The van der Waals surface area contributed by atoms with Crippen molar-refractivity contribution in [3.63, 3.8) is 0 Å². The van der Waals surface area contributed by atoms with Gasteiger partial charge in [-0.2, -0.15) is 0 Å². The van der Waals surface area contributed by atoms with Gasteiger partial charge < -0.3 is 9.84 Å². The monoisotopic (exact) mass is 404 g/mol. The van der Waals surface area contributed by atoms with E-state index in [0.717, 1.165) is 10.0 Å². The second kappa shape index (κ2) is 6.27. The minimum atomic E-state index is -0.793. The summed E-state index contributed by atoms with van der Waals surface area (Å²) in [5.41, 5.74) is 1.40. The van der Waals surface area contributed by atoms with Crippen molar-refractivity contribution in [2.45, 2.75) is 6.10 Å². The van der Waals surface area contributed by atoms with Crippen molar-refractivity contribution in [2.24, 2.45) is 0 Å². The van der Waals surface area contributed by atoms with Gasteiger partial charge in [0.05, 0.1) is 11.6 Å². The third-order valence-electron chi connectivity index (χ3n) is 2.72. The molecule has 2 aromatic carbocycles. The van der Waals surface area contributed by atoms with Crippen LogP contribution in [0.1, 0.15) is 17.2 Å². The fourth-order valence-corrected chi connectivity index (χ4v) is 3.08. The average Bonchev–Trinajstić information content (AvgIpc) is 2.38. The third kappa shape index (κ3) is 3.31. The Labute approximate surface area is 133 Å². The van der Waals surface area contributed by atoms with E-state index >= 15 is 0 Å². The smallest absolute Gasteiger partial charge is 0.139 e. The largest absolute Gasteiger partial charge is 0.495 e. The molecule has 0 heterocycles. The standard InChI is InChI=1S/C14H11Br2ClO2/c1-19-14-11(6-10(17)7-12(14)16)13(18)8-2-4-9(15)5-3-8/h2-7,13,18H,1H3. The van der Waals surface area contributed by atoms with Gasteiger partial charge in [0, 0.05) is 15.1 Å². The SMILES string of the molecule is COc1c(Br)cc(Cl)cc1C(O)c1ccc(Br)cc1. The number of ether oxygens (including phenoxy) is 1. The summed E-state index contributed by atoms with van der Waals surface area (Å²) in [6, 6.07) is 10.9. The van der Waals surface area contributed by atoms with Crippen LogP contribution in [0, 0.1) is 0 Å². The Morgan fingerprint density at radius 3 is 2.37 bits per heavy atom. The summed E-state index contributed by atoms with van der Waals surface area (Å²) in [5, 5.41) is 11.0. The number of hydrogen-bond acceptors (Lipinski definition) is 2. The van der Waals surface area contributed by atoms with E-state index in [-0.39, 0.29) is 0 Å². The molecule has 0 amide bonds. The molecule has 0 aliphatic rings. The second-order valence-electron chi connectivity index (χ2n) is 3.96. The molecule has 0 saturated heterocycles. The number of hydrogen-bond donors (Lipinski definition) is 1. The molecule has 5 heteroatoms. The highest BCUT2D eigenvalue weighted by Crippen LogP contribution is 2.38. The summed E-state index contributed by atoms with van der Waals surface area (Å²) in [7, 11) is 1.56. The minimum absolute atomic E-state index is 0.541. The lowest BCUT2D eigenvalue weighted by atomic mass is 10.0. The molecule has 0 aliphatic heterocycles. The number of aliphatic hydroxyl groups excluding tert-OH is 1. The van der Waals surface area contributed by atoms with Crippen LogP contribution in [0.15, 0.2) is 45.3 Å². The lowest BCUT2D eigenvalue weighted by Crippen LogP contribution is -2.03. The van der Waals surface area contributed by atoms with E-state index in [1.165, 1.54) is 0 Å². The molecule has 0 saturated carbocycles. The van der Waals surface area contributed by atoms with E-state index in [1.54, 1.807) is 19.2 Å². The Morgan fingerprint density at radius 1 is 1.16 bits per heavy atom. The van der Waals surface area contributed by atoms with Crippen LogP contribution in [0.25, 0.3) is 0 Å². The molecule has 0 aliphatic carbocycles. The van der Waals surface area contributed by atoms with Crippen LogP contribution < -0.4 is 4.74 Å². The van der Waals surface area contributed by atoms with E-state index in [1.807, 2.05) is 24.3 Å². The van der Waals surface area contributed by atoms with E-state index in [2.05, 4.69) is 31.9 Å². The highest BCUT2D eigenvalue weighted by Gasteiger charge is 2.18. The van der Waals surface area contributed by atoms with Crippen LogP contribution in [0.2, 0.25) is 5.02 Å². The molecule has 0 bridgehead atoms. The van der Waals surface area contributed by atoms with E-state index in [0.29, 0.717) is 20.8 Å². The van der Waals surface area contributed by atoms with Crippen LogP contribution >= 0.6 is 43.5 Å². The molecule has 0 spiro atoms. The zero-order valence-electron chi connectivity index (χ0n) is 10.0. The maximum absolute atomic E-state index is 10.5. The van der Waals surface area contributed by atoms with Crippen molar-refractivity contribution in [1.82, 2.24) is 0 Å². The van der Waals surface area contributed by atoms with Crippen molar-refractivity contribution in [3.8, 4) is 5.75 Å². The molecule has 0 radical (unpaired) electrons. The highest BCUT2D eigenvalue weighted by atomic mass is 79.9. The highest BCUT2D eigenvalue weighted by molar-refractivity contribution is 9.10. The van der Waals surface area contributed by atoms with Crippen LogP contribution in [0.5, 0.6) is 5.75 Å². The maximum Gasteiger partial charge on any atom is 0.139 e. The average molecular weight is 407 g/mol. The van der Waals surface area contributed by atoms with Crippen LogP contribution in [-0.2, 0) is 0 Å². The summed E-state index contributed by atoms with van der Waals surface area (Å²) < 4.78 is 7.00. The van der Waals surface area contributed by atoms with Crippen molar-refractivity contribution >= 4 is 43.5 Å². The Hall–Kier alpha value is -0.550. The number of aliphatic hydroxyl groups is 1. The molecule has 2 nitrogen and oxygen atoms in total. The van der Waals surface area contributed by atoms with Gasteiger partial charge in [0.15, 0.2) is 0 Å². The number of methoxy groups -OCH3 is 1. The van der Waals surface area contributed by atoms with Gasteiger partial charge in [-0.25, -0.2) is 0 Å². The number of halogens is 3. The topological polar surface area (TPSA) is 29.5 Å². The Bertz CT molecular complexity index is 585. The molecule has 2 aromatic rings. The lowest BCUT2D eigenvalue weighted by Gasteiger charge is -2.17. The van der Waals surface area contributed by atoms with Gasteiger partial charge in [-0.15, -0.1) is 0 Å². The van der Waals surface area contributed by atoms with Gasteiger partial charge in [-0.1, -0.05) is 39.7 Å². The fraction of sp³-hybridized carbons (Fsp3) is 0.143. The molecule has 19 heavy (non-hydrogen) atoms. The first-order chi connectivity index (χ1) is 9.02. The molecule has 1 atom stereocenters. The van der Waals surface area contributed by atoms with Crippen LogP contribution in [-0.4, -0.2) is 12.2 Å². The molecule has 1 unspecified atom stereocenters. The van der Waals surface area contributed by atoms with Gasteiger partial charge in [0.2, 0.25) is 0 Å². The van der Waals surface area contributed by atoms with Crippen molar-refractivity contribution < 1.29 is 9.84 Å². The van der Waals surface area contributed by atoms with E-state index in [4.69, 9.17) is 16.3 Å². The molecule has 2 rings (SSSR count). The maximum atomic E-state index is 10.5. The van der Waals surface area contributed by atoms with Crippen molar-refractivity contribution in [1.29, 1.82) is 0 Å². The van der Waals surface area contributed by atoms with Crippen molar-refractivity contribution in [2.75, 3.05) is 7.11 Å². The first kappa shape index (κ1) is 14.9. The second-order valence-corrected chi connectivity index (χ2v) is 6.17. The summed E-state index contributed by atoms with van der Waals surface area (Å²) in [4.78, 5) is 0. The molecule has 0 aromatic heterocycles. The van der Waals surface area contributed by atoms with Crippen LogP contribution in [0.3, 0.4) is 0 Å². The normalized spacial score (nSPS) is 12.3. The van der Waals surface area contributed by atoms with Gasteiger partial charge in [0.1, 0.15) is 11.9 Å². The predicted molar refractivity (Wildman–Crippen MR) is 83.9 cm³/mol. The molecular formula is C14H11Br2ClO2. The first-order valence-corrected chi connectivity index (χ1v) is 7.45. The summed E-state index contributed by atoms with van der Waals surface area (Å²) in [6.45, 7) is 0. The number of rotatable bonds is 3. The third-order valence-corrected chi connectivity index (χ3v) is 4.06. The minimum Gasteiger partial charge on any atom is -0.495 e.